The lowest BCUT2D eigenvalue weighted by Gasteiger charge is -2.30. The van der Waals surface area contributed by atoms with Gasteiger partial charge < -0.3 is 10.2 Å². The standard InChI is InChI=1S/C15H16N4O.C2H6/c1-4-6-17-12(5-2)15-14-9-16-7-8-19(14)13(10-18-15)11(3)20;1-2/h4-10,18H,1H2,2-3H3;1-2H3/b12-5-,17-6?;. The minimum absolute atomic E-state index is 0.0226. The quantitative estimate of drug-likeness (QED) is 0.810. The highest BCUT2D eigenvalue weighted by atomic mass is 16.1. The van der Waals surface area contributed by atoms with Crippen molar-refractivity contribution in [3.63, 3.8) is 0 Å². The van der Waals surface area contributed by atoms with Crippen LogP contribution in [0.3, 0.4) is 0 Å². The maximum absolute atomic E-state index is 11.7. The van der Waals surface area contributed by atoms with Crippen molar-refractivity contribution in [2.24, 2.45) is 9.98 Å². The van der Waals surface area contributed by atoms with Crippen LogP contribution in [-0.4, -0.2) is 23.1 Å². The van der Waals surface area contributed by atoms with Crippen LogP contribution >= 0.6 is 0 Å². The molecule has 0 atom stereocenters. The Kier molecular flexibility index (Phi) is 6.76. The molecule has 0 fully saturated rings. The molecule has 0 unspecified atom stereocenters. The van der Waals surface area contributed by atoms with Crippen molar-refractivity contribution in [1.29, 1.82) is 0 Å². The Balaban J connectivity index is 0.00000116. The highest BCUT2D eigenvalue weighted by Gasteiger charge is 2.25. The van der Waals surface area contributed by atoms with Crippen molar-refractivity contribution in [1.82, 2.24) is 10.2 Å². The molecule has 1 N–H and O–H groups in total. The van der Waals surface area contributed by atoms with Gasteiger partial charge in [0.25, 0.3) is 0 Å². The summed E-state index contributed by atoms with van der Waals surface area (Å²) in [6, 6.07) is 0. The van der Waals surface area contributed by atoms with E-state index in [4.69, 9.17) is 0 Å². The molecule has 0 aromatic heterocycles. The highest BCUT2D eigenvalue weighted by molar-refractivity contribution is 5.96. The SMILES string of the molecule is C=CC=N/C(=C\C)C1=C2C=NC=CN2C(C(C)=O)=CN1.CC. The lowest BCUT2D eigenvalue weighted by atomic mass is 10.1. The van der Waals surface area contributed by atoms with Crippen LogP contribution in [-0.2, 0) is 4.79 Å². The van der Waals surface area contributed by atoms with Crippen molar-refractivity contribution >= 4 is 18.2 Å². The van der Waals surface area contributed by atoms with Gasteiger partial charge in [-0.3, -0.25) is 14.8 Å². The van der Waals surface area contributed by atoms with Gasteiger partial charge in [-0.25, -0.2) is 0 Å². The number of Topliss-reactive ketones (excluding diaryl/α,β-unsaturated/α-hetero) is 1. The summed E-state index contributed by atoms with van der Waals surface area (Å²) in [5.74, 6) is -0.0226. The van der Waals surface area contributed by atoms with Gasteiger partial charge in [0.15, 0.2) is 5.78 Å². The Morgan fingerprint density at radius 2 is 2.18 bits per heavy atom. The summed E-state index contributed by atoms with van der Waals surface area (Å²) in [7, 11) is 0. The zero-order chi connectivity index (χ0) is 16.5. The number of fused-ring (bicyclic) bond motifs is 1. The number of allylic oxidation sites excluding steroid dienone is 4. The molecule has 2 rings (SSSR count). The molecule has 22 heavy (non-hydrogen) atoms. The van der Waals surface area contributed by atoms with E-state index in [-0.39, 0.29) is 5.78 Å². The first-order chi connectivity index (χ1) is 10.7. The van der Waals surface area contributed by atoms with Gasteiger partial charge in [-0.15, -0.1) is 0 Å². The lowest BCUT2D eigenvalue weighted by Crippen LogP contribution is -2.32. The second-order valence-electron chi connectivity index (χ2n) is 4.12. The summed E-state index contributed by atoms with van der Waals surface area (Å²) in [6.07, 6.45) is 11.9. The molecule has 0 aromatic carbocycles. The van der Waals surface area contributed by atoms with Gasteiger partial charge in [0, 0.05) is 31.7 Å². The van der Waals surface area contributed by atoms with Gasteiger partial charge in [0.2, 0.25) is 0 Å². The van der Waals surface area contributed by atoms with Crippen LogP contribution in [0.15, 0.2) is 70.1 Å². The van der Waals surface area contributed by atoms with E-state index < -0.39 is 0 Å². The maximum atomic E-state index is 11.7. The fourth-order valence-corrected chi connectivity index (χ4v) is 1.93. The Labute approximate surface area is 131 Å². The van der Waals surface area contributed by atoms with E-state index >= 15 is 0 Å². The summed E-state index contributed by atoms with van der Waals surface area (Å²) in [5, 5.41) is 3.12. The predicted molar refractivity (Wildman–Crippen MR) is 92.2 cm³/mol. The van der Waals surface area contributed by atoms with E-state index in [1.165, 1.54) is 6.92 Å². The van der Waals surface area contributed by atoms with Crippen LogP contribution in [0.2, 0.25) is 0 Å². The Morgan fingerprint density at radius 1 is 1.45 bits per heavy atom. The number of ketones is 1. The molecule has 116 valence electrons. The average Bonchev–Trinajstić information content (AvgIpc) is 2.57. The number of hydrogen-bond acceptors (Lipinski definition) is 5. The number of hydrogen-bond donors (Lipinski definition) is 1. The smallest absolute Gasteiger partial charge is 0.177 e. The fraction of sp³-hybridized carbons (Fsp3) is 0.235. The molecular weight excluding hydrogens is 276 g/mol. The molecule has 0 saturated heterocycles. The van der Waals surface area contributed by atoms with Crippen LogP contribution in [0, 0.1) is 0 Å². The van der Waals surface area contributed by atoms with E-state index in [2.05, 4.69) is 21.9 Å². The molecule has 0 saturated carbocycles. The second kappa shape index (κ2) is 8.56. The monoisotopic (exact) mass is 298 g/mol. The van der Waals surface area contributed by atoms with Crippen LogP contribution in [0.4, 0.5) is 0 Å². The Bertz CT molecular complexity index is 619. The summed E-state index contributed by atoms with van der Waals surface area (Å²) in [5.41, 5.74) is 2.90. The number of carbonyl (C=O) groups excluding carboxylic acids is 1. The Morgan fingerprint density at radius 3 is 2.77 bits per heavy atom. The summed E-state index contributed by atoms with van der Waals surface area (Å²) in [4.78, 5) is 21.9. The summed E-state index contributed by atoms with van der Waals surface area (Å²) in [6.45, 7) is 11.0. The first-order valence-corrected chi connectivity index (χ1v) is 7.21. The van der Waals surface area contributed by atoms with Gasteiger partial charge >= 0.3 is 0 Å². The van der Waals surface area contributed by atoms with Gasteiger partial charge in [0.1, 0.15) is 5.70 Å². The van der Waals surface area contributed by atoms with E-state index in [0.717, 1.165) is 17.1 Å². The number of rotatable bonds is 4. The summed E-state index contributed by atoms with van der Waals surface area (Å²) < 4.78 is 0. The van der Waals surface area contributed by atoms with E-state index in [0.29, 0.717) is 5.70 Å². The zero-order valence-electron chi connectivity index (χ0n) is 13.5. The zero-order valence-corrected chi connectivity index (χ0v) is 13.5. The highest BCUT2D eigenvalue weighted by Crippen LogP contribution is 2.26. The molecule has 2 aliphatic rings. The van der Waals surface area contributed by atoms with Crippen molar-refractivity contribution in [3.05, 3.63) is 60.1 Å². The number of carbonyl (C=O) groups is 1. The molecule has 0 spiro atoms. The topological polar surface area (TPSA) is 57.1 Å². The minimum atomic E-state index is -0.0226. The minimum Gasteiger partial charge on any atom is -0.356 e. The molecule has 0 bridgehead atoms. The van der Waals surface area contributed by atoms with Crippen LogP contribution in [0.25, 0.3) is 0 Å². The predicted octanol–water partition coefficient (Wildman–Crippen LogP) is 3.28. The molecule has 2 heterocycles. The fourth-order valence-electron chi connectivity index (χ4n) is 1.93. The molecule has 5 heteroatoms. The molecule has 0 radical (unpaired) electrons. The van der Waals surface area contributed by atoms with E-state index in [1.807, 2.05) is 26.8 Å². The molecular formula is C17H22N4O. The molecule has 0 aromatic rings. The van der Waals surface area contributed by atoms with Gasteiger partial charge in [-0.2, -0.15) is 0 Å². The van der Waals surface area contributed by atoms with Crippen molar-refractivity contribution in [2.75, 3.05) is 0 Å². The third kappa shape index (κ3) is 3.69. The maximum Gasteiger partial charge on any atom is 0.177 e. The summed E-state index contributed by atoms with van der Waals surface area (Å²) >= 11 is 0. The lowest BCUT2D eigenvalue weighted by molar-refractivity contribution is -0.114. The van der Waals surface area contributed by atoms with Crippen LogP contribution in [0.1, 0.15) is 27.7 Å². The molecule has 2 aliphatic heterocycles. The van der Waals surface area contributed by atoms with E-state index in [9.17, 15) is 4.79 Å². The van der Waals surface area contributed by atoms with Crippen LogP contribution in [0.5, 0.6) is 0 Å². The number of nitrogens with zero attached hydrogens (tertiary/aromatic N) is 3. The van der Waals surface area contributed by atoms with Crippen LogP contribution < -0.4 is 5.32 Å². The number of aliphatic imine (C=N–C) groups is 2. The van der Waals surface area contributed by atoms with Crippen molar-refractivity contribution in [2.45, 2.75) is 27.7 Å². The van der Waals surface area contributed by atoms with E-state index in [1.54, 1.807) is 42.0 Å². The molecule has 5 nitrogen and oxygen atoms in total. The third-order valence-electron chi connectivity index (χ3n) is 2.84. The van der Waals surface area contributed by atoms with Crippen molar-refractivity contribution in [3.8, 4) is 0 Å². The Hall–Kier alpha value is -2.69. The van der Waals surface area contributed by atoms with Crippen molar-refractivity contribution < 1.29 is 4.79 Å². The average molecular weight is 298 g/mol. The van der Waals surface area contributed by atoms with Gasteiger partial charge in [-0.05, 0) is 6.92 Å². The molecule has 0 amide bonds. The third-order valence-corrected chi connectivity index (χ3v) is 2.84. The second-order valence-corrected chi connectivity index (χ2v) is 4.12. The normalized spacial score (nSPS) is 16.6. The largest absolute Gasteiger partial charge is 0.356 e. The van der Waals surface area contributed by atoms with Gasteiger partial charge in [-0.1, -0.05) is 32.6 Å². The first-order valence-electron chi connectivity index (χ1n) is 7.21. The molecule has 0 aliphatic carbocycles. The number of nitrogens with one attached hydrogen (secondary N) is 1. The van der Waals surface area contributed by atoms with Gasteiger partial charge in [0.05, 0.1) is 23.3 Å². The first kappa shape index (κ1) is 17.4.